The summed E-state index contributed by atoms with van der Waals surface area (Å²) in [5.74, 6) is 0. The van der Waals surface area contributed by atoms with Crippen LogP contribution >= 0.6 is 26.4 Å². The summed E-state index contributed by atoms with van der Waals surface area (Å²) in [6.45, 7) is 0. The Morgan fingerprint density at radius 1 is 1.35 bits per heavy atom. The van der Waals surface area contributed by atoms with Crippen molar-refractivity contribution in [1.29, 1.82) is 0 Å². The summed E-state index contributed by atoms with van der Waals surface area (Å²) in [6.07, 6.45) is -4.45. The fourth-order valence-corrected chi connectivity index (χ4v) is 3.83. The van der Waals surface area contributed by atoms with E-state index in [1.54, 1.807) is 0 Å². The zero-order valence-corrected chi connectivity index (χ0v) is 10.4. The molecule has 2 aromatic rings. The number of benzene rings is 1. The molecular formula is C10H4BrF3O2S. The number of fused-ring (bicyclic) bond motifs is 1. The van der Waals surface area contributed by atoms with Crippen molar-refractivity contribution in [3.63, 3.8) is 0 Å². The van der Waals surface area contributed by atoms with Crippen LogP contribution in [0.15, 0.2) is 28.1 Å². The normalized spacial score (nSPS) is 13.1. The minimum atomic E-state index is -4.45. The number of halogens is 4. The third-order valence-corrected chi connectivity index (χ3v) is 4.73. The molecule has 0 aliphatic heterocycles. The summed E-state index contributed by atoms with van der Waals surface area (Å²) in [6, 6.07) is 3.19. The first-order valence-corrected chi connectivity index (χ1v) is 6.42. The molecule has 0 bridgehead atoms. The lowest BCUT2D eigenvalue weighted by Crippen LogP contribution is -2.15. The zero-order chi connectivity index (χ0) is 12.8. The van der Waals surface area contributed by atoms with E-state index >= 15 is 0 Å². The van der Waals surface area contributed by atoms with E-state index in [9.17, 15) is 23.1 Å². The Hall–Kier alpha value is -1.08. The predicted molar refractivity (Wildman–Crippen MR) is 59.9 cm³/mol. The first-order valence-electron chi connectivity index (χ1n) is 4.33. The minimum absolute atomic E-state index is 0.139. The fourth-order valence-electron chi connectivity index (χ4n) is 1.48. The topological polar surface area (TPSA) is 40.1 Å². The van der Waals surface area contributed by atoms with Gasteiger partial charge in [0.15, 0.2) is 0 Å². The van der Waals surface area contributed by atoms with Gasteiger partial charge in [0.1, 0.15) is 5.38 Å². The quantitative estimate of drug-likeness (QED) is 0.752. The largest absolute Gasteiger partial charge is 0.500 e. The van der Waals surface area contributed by atoms with Crippen LogP contribution in [0.25, 0.3) is 10.1 Å². The van der Waals surface area contributed by atoms with Crippen LogP contribution in [0.4, 0.5) is 18.0 Å². The molecule has 0 aliphatic rings. The Bertz CT molecular complexity index is 603. The van der Waals surface area contributed by atoms with Crippen molar-refractivity contribution in [2.45, 2.75) is 6.18 Å². The molecule has 1 atom stereocenters. The van der Waals surface area contributed by atoms with Crippen molar-refractivity contribution in [2.24, 2.45) is 0 Å². The zero-order valence-electron chi connectivity index (χ0n) is 8.05. The Labute approximate surface area is 105 Å². The maximum absolute atomic E-state index is 12.5. The molecule has 1 unspecified atom stereocenters. The Morgan fingerprint density at radius 2 is 2.00 bits per heavy atom. The lowest BCUT2D eigenvalue weighted by molar-refractivity contribution is -0.233. The standard InChI is InChI=1S/C10H4BrF3O2S/c11-7-4-6(10(12,13)14)3-5-1-2-17(8(5)7)9(15)16/h1-4H. The van der Waals surface area contributed by atoms with Gasteiger partial charge in [0, 0.05) is 21.9 Å². The van der Waals surface area contributed by atoms with E-state index in [0.29, 0.717) is 4.70 Å². The highest BCUT2D eigenvalue weighted by Gasteiger charge is 2.32. The number of hydrogen-bond donors (Lipinski definition) is 0. The molecular weight excluding hydrogens is 321 g/mol. The lowest BCUT2D eigenvalue weighted by atomic mass is 10.1. The molecule has 0 amide bonds. The number of carboxylic acid groups (broad SMARTS) is 1. The summed E-state index contributed by atoms with van der Waals surface area (Å²) >= 11 is 2.98. The SMILES string of the molecule is O=C([O-])[s+]1ccc2cc(C(F)(F)F)cc(Br)c21. The molecule has 1 aromatic carbocycles. The highest BCUT2D eigenvalue weighted by atomic mass is 79.9. The lowest BCUT2D eigenvalue weighted by Gasteiger charge is -2.06. The van der Waals surface area contributed by atoms with E-state index in [0.717, 1.165) is 12.1 Å². The number of carbonyl (C=O) groups is 1. The van der Waals surface area contributed by atoms with E-state index in [1.807, 2.05) is 0 Å². The van der Waals surface area contributed by atoms with Gasteiger partial charge in [0.25, 0.3) is 0 Å². The van der Waals surface area contributed by atoms with Crippen LogP contribution in [0, 0.1) is 0 Å². The van der Waals surface area contributed by atoms with Gasteiger partial charge in [-0.2, -0.15) is 13.2 Å². The second kappa shape index (κ2) is 3.99. The van der Waals surface area contributed by atoms with Crippen LogP contribution in [-0.2, 0) is 6.18 Å². The van der Waals surface area contributed by atoms with Gasteiger partial charge in [0.2, 0.25) is 4.70 Å². The highest BCUT2D eigenvalue weighted by Crippen LogP contribution is 2.41. The molecule has 0 saturated heterocycles. The fraction of sp³-hybridized carbons (Fsp3) is 0.100. The second-order valence-corrected chi connectivity index (χ2v) is 5.81. The molecule has 0 radical (unpaired) electrons. The van der Waals surface area contributed by atoms with Crippen molar-refractivity contribution in [3.8, 4) is 0 Å². The van der Waals surface area contributed by atoms with Crippen LogP contribution in [0.2, 0.25) is 0 Å². The van der Waals surface area contributed by atoms with Crippen LogP contribution in [0.1, 0.15) is 5.56 Å². The van der Waals surface area contributed by atoms with Crippen LogP contribution < -0.4 is 5.11 Å². The molecule has 2 rings (SSSR count). The van der Waals surface area contributed by atoms with Gasteiger partial charge in [-0.25, -0.2) is 0 Å². The minimum Gasteiger partial charge on any atom is -0.500 e. The smallest absolute Gasteiger partial charge is 0.416 e. The molecule has 17 heavy (non-hydrogen) atoms. The van der Waals surface area contributed by atoms with Crippen LogP contribution in [0.3, 0.4) is 0 Å². The first kappa shape index (κ1) is 12.4. The third kappa shape index (κ3) is 2.16. The van der Waals surface area contributed by atoms with Gasteiger partial charge >= 0.3 is 11.5 Å². The van der Waals surface area contributed by atoms with E-state index < -0.39 is 27.5 Å². The summed E-state index contributed by atoms with van der Waals surface area (Å²) in [5.41, 5.74) is -0.809. The number of alkyl halides is 3. The Kier molecular flexibility index (Phi) is 2.90. The van der Waals surface area contributed by atoms with Crippen molar-refractivity contribution >= 4 is 41.8 Å². The molecule has 1 heterocycles. The van der Waals surface area contributed by atoms with Gasteiger partial charge < -0.3 is 9.90 Å². The molecule has 0 aliphatic carbocycles. The molecule has 2 nitrogen and oxygen atoms in total. The van der Waals surface area contributed by atoms with Gasteiger partial charge in [0.05, 0.1) is 10.0 Å². The van der Waals surface area contributed by atoms with Gasteiger partial charge in [-0.05, 0) is 28.1 Å². The summed E-state index contributed by atoms with van der Waals surface area (Å²) in [5, 5.41) is 11.1. The number of rotatable bonds is 1. The predicted octanol–water partition coefficient (Wildman–Crippen LogP) is 3.56. The molecule has 0 saturated carbocycles. The number of hydrogen-bond acceptors (Lipinski definition) is 2. The third-order valence-electron chi connectivity index (χ3n) is 2.18. The molecule has 0 fully saturated rings. The van der Waals surface area contributed by atoms with Crippen molar-refractivity contribution in [3.05, 3.63) is 33.6 Å². The van der Waals surface area contributed by atoms with E-state index in [4.69, 9.17) is 0 Å². The number of thiophene rings is 1. The van der Waals surface area contributed by atoms with E-state index in [-0.39, 0.29) is 9.86 Å². The number of carbonyl (C=O) groups excluding carboxylic acids is 1. The van der Waals surface area contributed by atoms with Crippen molar-refractivity contribution in [1.82, 2.24) is 0 Å². The summed E-state index contributed by atoms with van der Waals surface area (Å²) in [4.78, 5) is 10.8. The Morgan fingerprint density at radius 3 is 2.53 bits per heavy atom. The maximum Gasteiger partial charge on any atom is 0.416 e. The molecule has 7 heteroatoms. The van der Waals surface area contributed by atoms with E-state index in [2.05, 4.69) is 15.9 Å². The summed E-state index contributed by atoms with van der Waals surface area (Å²) < 4.78 is 38.0. The monoisotopic (exact) mass is 324 g/mol. The van der Waals surface area contributed by atoms with Crippen molar-refractivity contribution < 1.29 is 23.1 Å². The first-order chi connectivity index (χ1) is 7.80. The highest BCUT2D eigenvalue weighted by molar-refractivity contribution is 9.10. The summed E-state index contributed by atoms with van der Waals surface area (Å²) in [7, 11) is -1.29. The Balaban J connectivity index is 2.74. The molecule has 1 aromatic heterocycles. The molecule has 0 spiro atoms. The van der Waals surface area contributed by atoms with Gasteiger partial charge in [-0.15, -0.1) is 0 Å². The van der Waals surface area contributed by atoms with E-state index in [1.165, 1.54) is 11.4 Å². The molecule has 90 valence electrons. The van der Waals surface area contributed by atoms with Gasteiger partial charge in [-0.3, -0.25) is 0 Å². The van der Waals surface area contributed by atoms with Crippen LogP contribution in [0.5, 0.6) is 0 Å². The average Bonchev–Trinajstić information content (AvgIpc) is 2.60. The maximum atomic E-state index is 12.5. The van der Waals surface area contributed by atoms with Gasteiger partial charge in [-0.1, -0.05) is 0 Å². The van der Waals surface area contributed by atoms with Crippen LogP contribution in [-0.4, -0.2) is 5.30 Å². The molecule has 0 N–H and O–H groups in total. The van der Waals surface area contributed by atoms with Crippen molar-refractivity contribution in [2.75, 3.05) is 0 Å². The second-order valence-electron chi connectivity index (χ2n) is 3.26. The average molecular weight is 325 g/mol.